The first-order chi connectivity index (χ1) is 7.72. The molecule has 0 aliphatic heterocycles. The van der Waals surface area contributed by atoms with Crippen LogP contribution in [0.1, 0.15) is 18.4 Å². The van der Waals surface area contributed by atoms with Gasteiger partial charge in [-0.15, -0.1) is 0 Å². The maximum Gasteiger partial charge on any atom is 0.143 e. The Morgan fingerprint density at radius 3 is 2.81 bits per heavy atom. The Kier molecular flexibility index (Phi) is 2.97. The fourth-order valence-corrected chi connectivity index (χ4v) is 1.88. The molecule has 0 spiro atoms. The summed E-state index contributed by atoms with van der Waals surface area (Å²) in [5.41, 5.74) is 7.26. The summed E-state index contributed by atoms with van der Waals surface area (Å²) in [4.78, 5) is 0. The monoisotopic (exact) mass is 217 g/mol. The van der Waals surface area contributed by atoms with Crippen LogP contribution in [-0.2, 0) is 0 Å². The van der Waals surface area contributed by atoms with E-state index in [1.54, 1.807) is 19.2 Å². The van der Waals surface area contributed by atoms with Crippen LogP contribution in [0, 0.1) is 11.3 Å². The first-order valence-corrected chi connectivity index (χ1v) is 5.33. The second-order valence-corrected chi connectivity index (χ2v) is 4.10. The van der Waals surface area contributed by atoms with Gasteiger partial charge >= 0.3 is 0 Å². The lowest BCUT2D eigenvalue weighted by Crippen LogP contribution is -2.44. The summed E-state index contributed by atoms with van der Waals surface area (Å²) in [5.74, 6) is 0.708. The lowest BCUT2D eigenvalue weighted by atomic mass is 9.87. The van der Waals surface area contributed by atoms with Crippen molar-refractivity contribution in [2.24, 2.45) is 5.73 Å². The van der Waals surface area contributed by atoms with E-state index >= 15 is 0 Å². The number of nitrogens with one attached hydrogen (secondary N) is 1. The average Bonchev–Trinajstić information content (AvgIpc) is 2.27. The Morgan fingerprint density at radius 2 is 2.25 bits per heavy atom. The lowest BCUT2D eigenvalue weighted by molar-refractivity contribution is 0.370. The molecule has 0 unspecified atom stereocenters. The van der Waals surface area contributed by atoms with Crippen LogP contribution in [0.15, 0.2) is 18.2 Å². The number of methoxy groups -OCH3 is 1. The Morgan fingerprint density at radius 1 is 1.50 bits per heavy atom. The molecule has 1 saturated carbocycles. The minimum absolute atomic E-state index is 0.321. The van der Waals surface area contributed by atoms with E-state index < -0.39 is 0 Å². The van der Waals surface area contributed by atoms with Gasteiger partial charge in [0.15, 0.2) is 0 Å². The summed E-state index contributed by atoms with van der Waals surface area (Å²) in [6.07, 6.45) is 1.98. The molecule has 0 amide bonds. The Bertz CT molecular complexity index is 419. The van der Waals surface area contributed by atoms with Crippen molar-refractivity contribution in [2.45, 2.75) is 24.9 Å². The second kappa shape index (κ2) is 4.42. The normalized spacial score (nSPS) is 23.1. The number of nitrogens with two attached hydrogens (primary N) is 1. The van der Waals surface area contributed by atoms with Crippen molar-refractivity contribution in [1.82, 2.24) is 0 Å². The molecule has 2 rings (SSSR count). The zero-order valence-electron chi connectivity index (χ0n) is 9.23. The van der Waals surface area contributed by atoms with Gasteiger partial charge in [-0.3, -0.25) is 0 Å². The first-order valence-electron chi connectivity index (χ1n) is 5.33. The molecule has 0 saturated heterocycles. The SMILES string of the molecule is COc1cc(C#N)ccc1NC1CC(N)C1. The smallest absolute Gasteiger partial charge is 0.143 e. The highest BCUT2D eigenvalue weighted by Gasteiger charge is 2.26. The molecule has 0 radical (unpaired) electrons. The van der Waals surface area contributed by atoms with Crippen molar-refractivity contribution in [3.05, 3.63) is 23.8 Å². The summed E-state index contributed by atoms with van der Waals surface area (Å²) in [6, 6.07) is 8.23. The number of rotatable bonds is 3. The minimum Gasteiger partial charge on any atom is -0.495 e. The van der Waals surface area contributed by atoms with Gasteiger partial charge in [-0.25, -0.2) is 0 Å². The van der Waals surface area contributed by atoms with Crippen LogP contribution in [-0.4, -0.2) is 19.2 Å². The Hall–Kier alpha value is -1.73. The second-order valence-electron chi connectivity index (χ2n) is 4.10. The third kappa shape index (κ3) is 2.10. The maximum absolute atomic E-state index is 8.78. The first kappa shape index (κ1) is 10.8. The standard InChI is InChI=1S/C12H15N3O/c1-16-12-4-8(7-13)2-3-11(12)15-10-5-9(14)6-10/h2-4,9-10,15H,5-6,14H2,1H3. The molecule has 1 aliphatic rings. The predicted octanol–water partition coefficient (Wildman–Crippen LogP) is 1.47. The van der Waals surface area contributed by atoms with E-state index in [1.807, 2.05) is 6.07 Å². The van der Waals surface area contributed by atoms with Crippen LogP contribution in [0.3, 0.4) is 0 Å². The number of hydrogen-bond donors (Lipinski definition) is 2. The van der Waals surface area contributed by atoms with Gasteiger partial charge in [0.1, 0.15) is 5.75 Å². The molecule has 0 heterocycles. The van der Waals surface area contributed by atoms with E-state index in [1.165, 1.54) is 0 Å². The van der Waals surface area contributed by atoms with E-state index in [-0.39, 0.29) is 0 Å². The molecule has 0 atom stereocenters. The molecule has 3 N–H and O–H groups in total. The summed E-state index contributed by atoms with van der Waals surface area (Å²) in [5, 5.41) is 12.1. The van der Waals surface area contributed by atoms with E-state index in [9.17, 15) is 0 Å². The third-order valence-electron chi connectivity index (χ3n) is 2.86. The lowest BCUT2D eigenvalue weighted by Gasteiger charge is -2.34. The van der Waals surface area contributed by atoms with Crippen molar-refractivity contribution >= 4 is 5.69 Å². The highest BCUT2D eigenvalue weighted by molar-refractivity contribution is 5.60. The van der Waals surface area contributed by atoms with Crippen molar-refractivity contribution in [1.29, 1.82) is 5.26 Å². The van der Waals surface area contributed by atoms with Crippen LogP contribution in [0.2, 0.25) is 0 Å². The van der Waals surface area contributed by atoms with Gasteiger partial charge in [0.2, 0.25) is 0 Å². The molecule has 1 aromatic carbocycles. The summed E-state index contributed by atoms with van der Waals surface area (Å²) >= 11 is 0. The molecule has 16 heavy (non-hydrogen) atoms. The number of benzene rings is 1. The van der Waals surface area contributed by atoms with E-state index in [4.69, 9.17) is 15.7 Å². The average molecular weight is 217 g/mol. The number of ether oxygens (including phenoxy) is 1. The van der Waals surface area contributed by atoms with Gasteiger partial charge in [0.05, 0.1) is 24.4 Å². The summed E-state index contributed by atoms with van der Waals surface area (Å²) in [7, 11) is 1.61. The van der Waals surface area contributed by atoms with E-state index in [0.29, 0.717) is 23.4 Å². The fourth-order valence-electron chi connectivity index (χ4n) is 1.88. The number of hydrogen-bond acceptors (Lipinski definition) is 4. The zero-order valence-corrected chi connectivity index (χ0v) is 9.23. The highest BCUT2D eigenvalue weighted by Crippen LogP contribution is 2.29. The number of nitrogens with zero attached hydrogens (tertiary/aromatic N) is 1. The molecule has 84 valence electrons. The largest absolute Gasteiger partial charge is 0.495 e. The van der Waals surface area contributed by atoms with E-state index in [0.717, 1.165) is 18.5 Å². The number of nitriles is 1. The van der Waals surface area contributed by atoms with Crippen molar-refractivity contribution in [3.8, 4) is 11.8 Å². The predicted molar refractivity (Wildman–Crippen MR) is 62.3 cm³/mol. The van der Waals surface area contributed by atoms with Crippen LogP contribution >= 0.6 is 0 Å². The van der Waals surface area contributed by atoms with Gasteiger partial charge in [-0.2, -0.15) is 5.26 Å². The van der Waals surface area contributed by atoms with Gasteiger partial charge in [0, 0.05) is 18.2 Å². The summed E-state index contributed by atoms with van der Waals surface area (Å²) in [6.45, 7) is 0. The van der Waals surface area contributed by atoms with Crippen LogP contribution in [0.25, 0.3) is 0 Å². The van der Waals surface area contributed by atoms with Crippen LogP contribution in [0.5, 0.6) is 5.75 Å². The van der Waals surface area contributed by atoms with Gasteiger partial charge in [-0.1, -0.05) is 0 Å². The molecule has 4 nitrogen and oxygen atoms in total. The van der Waals surface area contributed by atoms with E-state index in [2.05, 4.69) is 11.4 Å². The molecule has 0 bridgehead atoms. The van der Waals surface area contributed by atoms with Gasteiger partial charge < -0.3 is 15.8 Å². The molecule has 1 fully saturated rings. The maximum atomic E-state index is 8.78. The van der Waals surface area contributed by atoms with Crippen LogP contribution < -0.4 is 15.8 Å². The molecule has 4 heteroatoms. The minimum atomic E-state index is 0.321. The molecule has 0 aromatic heterocycles. The van der Waals surface area contributed by atoms with Crippen molar-refractivity contribution in [3.63, 3.8) is 0 Å². The molecule has 1 aliphatic carbocycles. The summed E-state index contributed by atoms with van der Waals surface area (Å²) < 4.78 is 5.24. The molecule has 1 aromatic rings. The van der Waals surface area contributed by atoms with Crippen molar-refractivity contribution in [2.75, 3.05) is 12.4 Å². The van der Waals surface area contributed by atoms with Crippen molar-refractivity contribution < 1.29 is 4.74 Å². The fraction of sp³-hybridized carbons (Fsp3) is 0.417. The van der Waals surface area contributed by atoms with Gasteiger partial charge in [0.25, 0.3) is 0 Å². The Labute approximate surface area is 95.0 Å². The number of anilines is 1. The highest BCUT2D eigenvalue weighted by atomic mass is 16.5. The topological polar surface area (TPSA) is 71.1 Å². The van der Waals surface area contributed by atoms with Crippen LogP contribution in [0.4, 0.5) is 5.69 Å². The Balaban J connectivity index is 2.11. The van der Waals surface area contributed by atoms with Gasteiger partial charge in [-0.05, 0) is 25.0 Å². The molecular formula is C12H15N3O. The molecular weight excluding hydrogens is 202 g/mol. The zero-order chi connectivity index (χ0) is 11.5. The quantitative estimate of drug-likeness (QED) is 0.804. The third-order valence-corrected chi connectivity index (χ3v) is 2.86.